The summed E-state index contributed by atoms with van der Waals surface area (Å²) in [5.41, 5.74) is 5.84. The van der Waals surface area contributed by atoms with Gasteiger partial charge in [0.2, 0.25) is 5.91 Å². The Morgan fingerprint density at radius 3 is 2.43 bits per heavy atom. The summed E-state index contributed by atoms with van der Waals surface area (Å²) in [6, 6.07) is 6.45. The number of aliphatic carboxylic acids is 1. The van der Waals surface area contributed by atoms with Gasteiger partial charge in [0, 0.05) is 5.56 Å². The number of carboxylic acid groups (broad SMARTS) is 1. The van der Waals surface area contributed by atoms with Gasteiger partial charge in [-0.1, -0.05) is 18.2 Å². The maximum atomic E-state index is 11.0. The average molecular weight is 193 g/mol. The number of hydrogen-bond donors (Lipinski definition) is 2. The second kappa shape index (κ2) is 3.91. The van der Waals surface area contributed by atoms with Gasteiger partial charge in [-0.25, -0.2) is 0 Å². The van der Waals surface area contributed by atoms with Gasteiger partial charge in [0.05, 0.1) is 5.92 Å². The summed E-state index contributed by atoms with van der Waals surface area (Å²) in [4.78, 5) is 21.7. The largest absolute Gasteiger partial charge is 0.481 e. The van der Waals surface area contributed by atoms with E-state index in [1.54, 1.807) is 18.2 Å². The zero-order valence-electron chi connectivity index (χ0n) is 7.73. The lowest BCUT2D eigenvalue weighted by atomic mass is 9.95. The zero-order valence-corrected chi connectivity index (χ0v) is 7.73. The Hall–Kier alpha value is -1.84. The normalized spacial score (nSPS) is 12.1. The Morgan fingerprint density at radius 1 is 1.36 bits per heavy atom. The van der Waals surface area contributed by atoms with Crippen LogP contribution >= 0.6 is 0 Å². The molecule has 0 spiro atoms. The highest BCUT2D eigenvalue weighted by Gasteiger charge is 2.18. The molecule has 0 heterocycles. The number of hydrogen-bond acceptors (Lipinski definition) is 2. The Bertz CT molecular complexity index is 373. The van der Waals surface area contributed by atoms with Crippen molar-refractivity contribution < 1.29 is 14.7 Å². The van der Waals surface area contributed by atoms with Crippen molar-refractivity contribution in [3.63, 3.8) is 0 Å². The highest BCUT2D eigenvalue weighted by Crippen LogP contribution is 2.19. The molecule has 3 N–H and O–H groups in total. The number of carbonyl (C=O) groups excluding carboxylic acids is 1. The summed E-state index contributed by atoms with van der Waals surface area (Å²) >= 11 is 0. The molecule has 0 aromatic heterocycles. The molecular weight excluding hydrogens is 182 g/mol. The van der Waals surface area contributed by atoms with E-state index in [9.17, 15) is 9.59 Å². The van der Waals surface area contributed by atoms with Crippen molar-refractivity contribution in [1.29, 1.82) is 0 Å². The van der Waals surface area contributed by atoms with Gasteiger partial charge in [-0.3, -0.25) is 9.59 Å². The van der Waals surface area contributed by atoms with Crippen molar-refractivity contribution in [3.8, 4) is 0 Å². The van der Waals surface area contributed by atoms with Crippen LogP contribution in [-0.2, 0) is 4.79 Å². The molecule has 1 aromatic rings. The van der Waals surface area contributed by atoms with Crippen LogP contribution in [0.1, 0.15) is 28.8 Å². The fourth-order valence-electron chi connectivity index (χ4n) is 1.23. The minimum absolute atomic E-state index is 0.266. The molecule has 0 bridgehead atoms. The predicted molar refractivity (Wildman–Crippen MR) is 51.0 cm³/mol. The van der Waals surface area contributed by atoms with E-state index in [0.29, 0.717) is 5.56 Å². The van der Waals surface area contributed by atoms with E-state index in [-0.39, 0.29) is 5.56 Å². The van der Waals surface area contributed by atoms with Crippen molar-refractivity contribution in [2.24, 2.45) is 5.73 Å². The lowest BCUT2D eigenvalue weighted by Gasteiger charge is -2.09. The molecular formula is C10H11NO3. The predicted octanol–water partition coefficient (Wildman–Crippen LogP) is 0.974. The number of carbonyl (C=O) groups is 2. The van der Waals surface area contributed by atoms with E-state index >= 15 is 0 Å². The third-order valence-electron chi connectivity index (χ3n) is 2.06. The van der Waals surface area contributed by atoms with Crippen molar-refractivity contribution in [3.05, 3.63) is 35.4 Å². The molecule has 0 radical (unpaired) electrons. The second-order valence-electron chi connectivity index (χ2n) is 3.01. The summed E-state index contributed by atoms with van der Waals surface area (Å²) in [7, 11) is 0. The van der Waals surface area contributed by atoms with Crippen molar-refractivity contribution in [1.82, 2.24) is 0 Å². The summed E-state index contributed by atoms with van der Waals surface area (Å²) in [6.45, 7) is 1.52. The summed E-state index contributed by atoms with van der Waals surface area (Å²) in [5, 5.41) is 8.79. The minimum atomic E-state index is -0.973. The van der Waals surface area contributed by atoms with Crippen LogP contribution in [0.25, 0.3) is 0 Å². The molecule has 0 fully saturated rings. The van der Waals surface area contributed by atoms with Crippen LogP contribution in [-0.4, -0.2) is 17.0 Å². The molecule has 0 saturated carbocycles. The Morgan fingerprint density at radius 2 is 1.93 bits per heavy atom. The first-order chi connectivity index (χ1) is 6.54. The second-order valence-corrected chi connectivity index (χ2v) is 3.01. The van der Waals surface area contributed by atoms with E-state index in [4.69, 9.17) is 10.8 Å². The molecule has 1 atom stereocenters. The van der Waals surface area contributed by atoms with E-state index in [0.717, 1.165) is 0 Å². The standard InChI is InChI=1S/C10H11NO3/c1-6(10(13)14)7-4-2-3-5-8(7)9(11)12/h2-6H,1H3,(H2,11,12)(H,13,14). The van der Waals surface area contributed by atoms with Gasteiger partial charge in [-0.05, 0) is 18.6 Å². The number of amides is 1. The van der Waals surface area contributed by atoms with Crippen LogP contribution in [0.4, 0.5) is 0 Å². The van der Waals surface area contributed by atoms with Gasteiger partial charge in [0.15, 0.2) is 0 Å². The SMILES string of the molecule is CC(C(=O)O)c1ccccc1C(N)=O. The third kappa shape index (κ3) is 1.90. The molecule has 4 nitrogen and oxygen atoms in total. The lowest BCUT2D eigenvalue weighted by molar-refractivity contribution is -0.138. The van der Waals surface area contributed by atoms with Crippen molar-refractivity contribution >= 4 is 11.9 Å². The van der Waals surface area contributed by atoms with E-state index in [1.807, 2.05) is 0 Å². The molecule has 74 valence electrons. The minimum Gasteiger partial charge on any atom is -0.481 e. The number of carboxylic acids is 1. The lowest BCUT2D eigenvalue weighted by Crippen LogP contribution is -2.17. The Balaban J connectivity index is 3.19. The third-order valence-corrected chi connectivity index (χ3v) is 2.06. The average Bonchev–Trinajstić information content (AvgIpc) is 2.16. The van der Waals surface area contributed by atoms with Gasteiger partial charge in [0.1, 0.15) is 0 Å². The highest BCUT2D eigenvalue weighted by atomic mass is 16.4. The molecule has 0 aliphatic carbocycles. The Labute approximate surface area is 81.3 Å². The van der Waals surface area contributed by atoms with E-state index < -0.39 is 17.8 Å². The fraction of sp³-hybridized carbons (Fsp3) is 0.200. The molecule has 0 aliphatic heterocycles. The molecule has 14 heavy (non-hydrogen) atoms. The number of rotatable bonds is 3. The van der Waals surface area contributed by atoms with Crippen LogP contribution < -0.4 is 5.73 Å². The van der Waals surface area contributed by atoms with Crippen molar-refractivity contribution in [2.75, 3.05) is 0 Å². The molecule has 1 unspecified atom stereocenters. The zero-order chi connectivity index (χ0) is 10.7. The van der Waals surface area contributed by atoms with Gasteiger partial charge in [0.25, 0.3) is 0 Å². The quantitative estimate of drug-likeness (QED) is 0.750. The molecule has 0 saturated heterocycles. The van der Waals surface area contributed by atoms with E-state index in [2.05, 4.69) is 0 Å². The topological polar surface area (TPSA) is 80.4 Å². The van der Waals surface area contributed by atoms with Crippen LogP contribution in [0.5, 0.6) is 0 Å². The molecule has 0 aliphatic rings. The molecule has 1 amide bonds. The van der Waals surface area contributed by atoms with E-state index in [1.165, 1.54) is 13.0 Å². The van der Waals surface area contributed by atoms with Gasteiger partial charge < -0.3 is 10.8 Å². The van der Waals surface area contributed by atoms with Gasteiger partial charge in [-0.15, -0.1) is 0 Å². The molecule has 1 rings (SSSR count). The maximum Gasteiger partial charge on any atom is 0.310 e. The Kier molecular flexibility index (Phi) is 2.86. The number of nitrogens with two attached hydrogens (primary N) is 1. The van der Waals surface area contributed by atoms with Crippen molar-refractivity contribution in [2.45, 2.75) is 12.8 Å². The van der Waals surface area contributed by atoms with Crippen LogP contribution in [0.3, 0.4) is 0 Å². The fourth-order valence-corrected chi connectivity index (χ4v) is 1.23. The van der Waals surface area contributed by atoms with Gasteiger partial charge in [-0.2, -0.15) is 0 Å². The molecule has 1 aromatic carbocycles. The summed E-state index contributed by atoms with van der Waals surface area (Å²) < 4.78 is 0. The number of benzene rings is 1. The first kappa shape index (κ1) is 10.2. The first-order valence-corrected chi connectivity index (χ1v) is 4.15. The molecule has 4 heteroatoms. The van der Waals surface area contributed by atoms with Crippen LogP contribution in [0, 0.1) is 0 Å². The van der Waals surface area contributed by atoms with Crippen LogP contribution in [0.2, 0.25) is 0 Å². The van der Waals surface area contributed by atoms with Gasteiger partial charge >= 0.3 is 5.97 Å². The number of primary amides is 1. The van der Waals surface area contributed by atoms with Crippen LogP contribution in [0.15, 0.2) is 24.3 Å². The maximum absolute atomic E-state index is 11.0. The highest BCUT2D eigenvalue weighted by molar-refractivity contribution is 5.96. The first-order valence-electron chi connectivity index (χ1n) is 4.15. The smallest absolute Gasteiger partial charge is 0.310 e. The summed E-state index contributed by atoms with van der Waals surface area (Å²) in [5.74, 6) is -2.30. The summed E-state index contributed by atoms with van der Waals surface area (Å²) in [6.07, 6.45) is 0. The monoisotopic (exact) mass is 193 g/mol.